The summed E-state index contributed by atoms with van der Waals surface area (Å²) in [5, 5.41) is 37.3. The van der Waals surface area contributed by atoms with Gasteiger partial charge in [-0.05, 0) is 12.8 Å². The molecule has 4 N–H and O–H groups in total. The quantitative estimate of drug-likeness (QED) is 0.143. The van der Waals surface area contributed by atoms with Crippen LogP contribution in [-0.2, 0) is 23.9 Å². The van der Waals surface area contributed by atoms with Crippen molar-refractivity contribution in [2.45, 2.75) is 50.1 Å². The zero-order chi connectivity index (χ0) is 17.8. The van der Waals surface area contributed by atoms with Gasteiger partial charge in [0.05, 0.1) is 6.26 Å². The highest BCUT2D eigenvalue weighted by Gasteiger charge is 2.30. The molecular weight excluding hydrogens is 312 g/mol. The van der Waals surface area contributed by atoms with Gasteiger partial charge >= 0.3 is 11.9 Å². The Morgan fingerprint density at radius 3 is 2.09 bits per heavy atom. The number of aliphatic hydroxyl groups excluding tert-OH is 4. The largest absolute Gasteiger partial charge is 0.463 e. The highest BCUT2D eigenvalue weighted by Crippen LogP contribution is 2.07. The molecule has 0 rings (SSSR count). The molecule has 23 heavy (non-hydrogen) atoms. The van der Waals surface area contributed by atoms with Gasteiger partial charge in [-0.15, -0.1) is 0 Å². The number of rotatable bonds is 12. The number of hydrogen-bond donors (Lipinski definition) is 4. The third-order valence-corrected chi connectivity index (χ3v) is 2.88. The lowest BCUT2D eigenvalue weighted by Gasteiger charge is -2.23. The first kappa shape index (κ1) is 21.2. The van der Waals surface area contributed by atoms with Gasteiger partial charge < -0.3 is 34.7 Å². The molecule has 0 aromatic heterocycles. The molecule has 0 fully saturated rings. The number of unbranched alkanes of at least 4 members (excludes halogenated alkanes) is 1. The smallest absolute Gasteiger partial charge is 0.310 e. The van der Waals surface area contributed by atoms with Crippen LogP contribution in [0.2, 0.25) is 0 Å². The molecule has 0 heterocycles. The summed E-state index contributed by atoms with van der Waals surface area (Å²) in [7, 11) is 0. The van der Waals surface area contributed by atoms with Gasteiger partial charge in [-0.2, -0.15) is 0 Å². The minimum absolute atomic E-state index is 0.00396. The van der Waals surface area contributed by atoms with Crippen LogP contribution in [0.1, 0.15) is 25.7 Å². The van der Waals surface area contributed by atoms with Gasteiger partial charge in [-0.3, -0.25) is 9.59 Å². The van der Waals surface area contributed by atoms with E-state index in [4.69, 9.17) is 5.11 Å². The molecule has 0 saturated heterocycles. The molecule has 0 aliphatic rings. The number of carbonyl (C=O) groups is 3. The van der Waals surface area contributed by atoms with E-state index in [0.29, 0.717) is 12.8 Å². The molecule has 0 spiro atoms. The molecule has 0 aliphatic carbocycles. The lowest BCUT2D eigenvalue weighted by molar-refractivity contribution is -0.156. The van der Waals surface area contributed by atoms with E-state index in [1.807, 2.05) is 0 Å². The molecule has 0 bridgehead atoms. The lowest BCUT2D eigenvalue weighted by Crippen LogP contribution is -2.46. The van der Waals surface area contributed by atoms with Crippen molar-refractivity contribution in [3.63, 3.8) is 0 Å². The van der Waals surface area contributed by atoms with E-state index in [1.165, 1.54) is 0 Å². The Kier molecular flexibility index (Phi) is 10.8. The van der Waals surface area contributed by atoms with Gasteiger partial charge in [0.25, 0.3) is 0 Å². The van der Waals surface area contributed by atoms with E-state index in [2.05, 4.69) is 16.1 Å². The highest BCUT2D eigenvalue weighted by atomic mass is 16.5. The first-order valence-corrected chi connectivity index (χ1v) is 6.97. The molecular formula is C14H22O9. The van der Waals surface area contributed by atoms with Crippen molar-refractivity contribution in [2.75, 3.05) is 6.61 Å². The van der Waals surface area contributed by atoms with Gasteiger partial charge in [0.15, 0.2) is 6.29 Å². The van der Waals surface area contributed by atoms with Crippen molar-refractivity contribution in [1.29, 1.82) is 0 Å². The number of esters is 2. The van der Waals surface area contributed by atoms with Crippen LogP contribution in [0.4, 0.5) is 0 Å². The number of carbonyl (C=O) groups excluding carboxylic acids is 3. The molecule has 0 saturated carbocycles. The van der Waals surface area contributed by atoms with Crippen LogP contribution in [-0.4, -0.2) is 69.7 Å². The van der Waals surface area contributed by atoms with Crippen molar-refractivity contribution in [3.8, 4) is 0 Å². The normalized spacial score (nSPS) is 15.8. The summed E-state index contributed by atoms with van der Waals surface area (Å²) in [4.78, 5) is 32.6. The summed E-state index contributed by atoms with van der Waals surface area (Å²) in [5.74, 6) is -1.13. The Morgan fingerprint density at radius 2 is 1.57 bits per heavy atom. The predicted octanol–water partition coefficient (Wildman–Crippen LogP) is -1.58. The zero-order valence-electron chi connectivity index (χ0n) is 12.5. The fraction of sp³-hybridized carbons (Fsp3) is 0.643. The maximum absolute atomic E-state index is 11.4. The molecule has 0 aliphatic heterocycles. The average Bonchev–Trinajstić information content (AvgIpc) is 2.54. The maximum Gasteiger partial charge on any atom is 0.310 e. The van der Waals surface area contributed by atoms with Crippen molar-refractivity contribution >= 4 is 18.2 Å². The van der Waals surface area contributed by atoms with Crippen LogP contribution in [0, 0.1) is 0 Å². The number of ether oxygens (including phenoxy) is 2. The Labute approximate surface area is 133 Å². The molecule has 0 aromatic rings. The van der Waals surface area contributed by atoms with E-state index in [-0.39, 0.29) is 19.1 Å². The van der Waals surface area contributed by atoms with E-state index in [1.54, 1.807) is 0 Å². The Hall–Kier alpha value is -1.81. The van der Waals surface area contributed by atoms with Crippen LogP contribution in [0.25, 0.3) is 0 Å². The first-order chi connectivity index (χ1) is 10.8. The lowest BCUT2D eigenvalue weighted by atomic mass is 10.0. The van der Waals surface area contributed by atoms with Crippen molar-refractivity contribution in [2.24, 2.45) is 0 Å². The molecule has 0 amide bonds. The minimum Gasteiger partial charge on any atom is -0.463 e. The summed E-state index contributed by atoms with van der Waals surface area (Å²) < 4.78 is 9.16. The van der Waals surface area contributed by atoms with E-state index in [0.717, 1.165) is 6.26 Å². The Morgan fingerprint density at radius 1 is 1.00 bits per heavy atom. The molecule has 0 aromatic carbocycles. The third kappa shape index (κ3) is 9.04. The first-order valence-electron chi connectivity index (χ1n) is 6.97. The van der Waals surface area contributed by atoms with Crippen molar-refractivity contribution in [1.82, 2.24) is 0 Å². The maximum atomic E-state index is 11.4. The standard InChI is InChI=1S/C14H22O9/c1-2-22-11(18)5-3-4-6-12(19)23-8-10(17)14(21)13(20)9(16)7-15/h2,7,9-10,13-14,16-17,20-21H,1,3-6,8H2/t9-,10-,13-,14-/m0/s1. The summed E-state index contributed by atoms with van der Waals surface area (Å²) in [5.41, 5.74) is 0. The van der Waals surface area contributed by atoms with Crippen LogP contribution in [0.15, 0.2) is 12.8 Å². The summed E-state index contributed by atoms with van der Waals surface area (Å²) in [6, 6.07) is 0. The van der Waals surface area contributed by atoms with E-state index < -0.39 is 43.0 Å². The van der Waals surface area contributed by atoms with Gasteiger partial charge in [-0.1, -0.05) is 6.58 Å². The van der Waals surface area contributed by atoms with Gasteiger partial charge in [-0.25, -0.2) is 0 Å². The Balaban J connectivity index is 3.93. The van der Waals surface area contributed by atoms with Gasteiger partial charge in [0.2, 0.25) is 0 Å². The topological polar surface area (TPSA) is 151 Å². The zero-order valence-corrected chi connectivity index (χ0v) is 12.5. The monoisotopic (exact) mass is 334 g/mol. The van der Waals surface area contributed by atoms with Crippen LogP contribution in [0.5, 0.6) is 0 Å². The van der Waals surface area contributed by atoms with E-state index >= 15 is 0 Å². The summed E-state index contributed by atoms with van der Waals surface area (Å²) in [6.45, 7) is 2.62. The molecule has 9 nitrogen and oxygen atoms in total. The van der Waals surface area contributed by atoms with Crippen molar-refractivity contribution in [3.05, 3.63) is 12.8 Å². The molecule has 0 radical (unpaired) electrons. The number of aliphatic hydroxyl groups is 4. The second-order valence-corrected chi connectivity index (χ2v) is 4.72. The summed E-state index contributed by atoms with van der Waals surface area (Å²) >= 11 is 0. The second-order valence-electron chi connectivity index (χ2n) is 4.72. The van der Waals surface area contributed by atoms with Crippen LogP contribution in [0.3, 0.4) is 0 Å². The number of hydrogen-bond acceptors (Lipinski definition) is 9. The highest BCUT2D eigenvalue weighted by molar-refractivity contribution is 5.70. The predicted molar refractivity (Wildman–Crippen MR) is 75.8 cm³/mol. The fourth-order valence-corrected chi connectivity index (χ4v) is 1.55. The van der Waals surface area contributed by atoms with Crippen molar-refractivity contribution < 1.29 is 44.3 Å². The fourth-order valence-electron chi connectivity index (χ4n) is 1.55. The number of aldehydes is 1. The molecule has 4 atom stereocenters. The van der Waals surface area contributed by atoms with Gasteiger partial charge in [0, 0.05) is 12.8 Å². The second kappa shape index (κ2) is 11.7. The average molecular weight is 334 g/mol. The molecule has 9 heteroatoms. The third-order valence-electron chi connectivity index (χ3n) is 2.88. The Bertz CT molecular complexity index is 396. The van der Waals surface area contributed by atoms with E-state index in [9.17, 15) is 29.7 Å². The van der Waals surface area contributed by atoms with Gasteiger partial charge in [0.1, 0.15) is 31.0 Å². The summed E-state index contributed by atoms with van der Waals surface area (Å²) in [6.07, 6.45) is -5.37. The minimum atomic E-state index is -1.89. The SMILES string of the molecule is C=COC(=O)CCCCC(=O)OC[C@H](O)[C@H](O)[C@@H](O)[C@@H](O)C=O. The molecule has 0 unspecified atom stereocenters. The van der Waals surface area contributed by atoms with Crippen LogP contribution >= 0.6 is 0 Å². The van der Waals surface area contributed by atoms with Crippen LogP contribution < -0.4 is 0 Å². The molecule has 132 valence electrons.